The summed E-state index contributed by atoms with van der Waals surface area (Å²) in [7, 11) is 0. The SMILES string of the molecule is O=C(CCn1cnnn1)N1C[C@H]2CC[C@@H]1CN(C1Cc3ccccc3C1)C2. The molecule has 2 bridgehead atoms. The molecule has 0 radical (unpaired) electrons. The van der Waals surface area contributed by atoms with Crippen LogP contribution >= 0.6 is 0 Å². The molecular weight excluding hydrogens is 340 g/mol. The van der Waals surface area contributed by atoms with Crippen LogP contribution in [0, 0.1) is 5.92 Å². The molecule has 2 atom stereocenters. The van der Waals surface area contributed by atoms with Crippen LogP contribution in [0.5, 0.6) is 0 Å². The Kier molecular flexibility index (Phi) is 4.39. The van der Waals surface area contributed by atoms with Crippen molar-refractivity contribution >= 4 is 5.91 Å². The Morgan fingerprint density at radius 2 is 1.85 bits per heavy atom. The third-order valence-electron chi connectivity index (χ3n) is 6.55. The molecule has 7 heteroatoms. The summed E-state index contributed by atoms with van der Waals surface area (Å²) in [5, 5.41) is 11.1. The second-order valence-corrected chi connectivity index (χ2v) is 8.25. The molecule has 4 aliphatic rings. The zero-order chi connectivity index (χ0) is 18.2. The summed E-state index contributed by atoms with van der Waals surface area (Å²) in [5.41, 5.74) is 3.02. The van der Waals surface area contributed by atoms with Crippen LogP contribution in [-0.2, 0) is 24.2 Å². The van der Waals surface area contributed by atoms with Crippen molar-refractivity contribution in [3.8, 4) is 0 Å². The molecule has 3 fully saturated rings. The smallest absolute Gasteiger partial charge is 0.224 e. The van der Waals surface area contributed by atoms with E-state index in [1.807, 2.05) is 0 Å². The maximum atomic E-state index is 12.9. The van der Waals surface area contributed by atoms with Crippen molar-refractivity contribution in [3.05, 3.63) is 41.7 Å². The Morgan fingerprint density at radius 1 is 1.04 bits per heavy atom. The number of nitrogens with zero attached hydrogens (tertiary/aromatic N) is 6. The van der Waals surface area contributed by atoms with Crippen LogP contribution in [0.25, 0.3) is 0 Å². The van der Waals surface area contributed by atoms with E-state index in [-0.39, 0.29) is 5.91 Å². The summed E-state index contributed by atoms with van der Waals surface area (Å²) in [4.78, 5) is 17.7. The summed E-state index contributed by atoms with van der Waals surface area (Å²) in [5.74, 6) is 0.848. The summed E-state index contributed by atoms with van der Waals surface area (Å²) < 4.78 is 1.63. The molecule has 27 heavy (non-hydrogen) atoms. The number of piperidine rings is 1. The average Bonchev–Trinajstić information content (AvgIpc) is 3.28. The number of fused-ring (bicyclic) bond motifs is 5. The van der Waals surface area contributed by atoms with Gasteiger partial charge in [-0.1, -0.05) is 24.3 Å². The topological polar surface area (TPSA) is 67.2 Å². The van der Waals surface area contributed by atoms with Crippen molar-refractivity contribution in [2.75, 3.05) is 19.6 Å². The molecule has 2 aromatic rings. The lowest BCUT2D eigenvalue weighted by molar-refractivity contribution is -0.135. The van der Waals surface area contributed by atoms with Crippen LogP contribution in [0.4, 0.5) is 0 Å². The Hall–Kier alpha value is -2.28. The van der Waals surface area contributed by atoms with E-state index < -0.39 is 0 Å². The van der Waals surface area contributed by atoms with Gasteiger partial charge in [0.05, 0.1) is 6.54 Å². The van der Waals surface area contributed by atoms with Gasteiger partial charge in [0, 0.05) is 38.1 Å². The number of benzene rings is 1. The molecule has 0 saturated carbocycles. The molecule has 0 unspecified atom stereocenters. The number of rotatable bonds is 4. The van der Waals surface area contributed by atoms with Gasteiger partial charge in [-0.15, -0.1) is 5.10 Å². The van der Waals surface area contributed by atoms with Gasteiger partial charge in [0.15, 0.2) is 0 Å². The predicted molar refractivity (Wildman–Crippen MR) is 99.9 cm³/mol. The molecule has 142 valence electrons. The van der Waals surface area contributed by atoms with E-state index in [0.29, 0.717) is 31.0 Å². The van der Waals surface area contributed by atoms with Crippen molar-refractivity contribution in [1.29, 1.82) is 0 Å². The minimum atomic E-state index is 0.247. The summed E-state index contributed by atoms with van der Waals surface area (Å²) in [6.07, 6.45) is 6.74. The van der Waals surface area contributed by atoms with Gasteiger partial charge in [-0.2, -0.15) is 0 Å². The number of carbonyl (C=O) groups excluding carboxylic acids is 1. The average molecular weight is 366 g/mol. The van der Waals surface area contributed by atoms with Crippen molar-refractivity contribution in [1.82, 2.24) is 30.0 Å². The quantitative estimate of drug-likeness (QED) is 0.812. The van der Waals surface area contributed by atoms with Gasteiger partial charge in [0.2, 0.25) is 5.91 Å². The largest absolute Gasteiger partial charge is 0.338 e. The number of aryl methyl sites for hydroxylation is 1. The van der Waals surface area contributed by atoms with Gasteiger partial charge in [-0.3, -0.25) is 9.69 Å². The van der Waals surface area contributed by atoms with Gasteiger partial charge in [-0.05, 0) is 53.2 Å². The predicted octanol–water partition coefficient (Wildman–Crippen LogP) is 1.15. The lowest BCUT2D eigenvalue weighted by Crippen LogP contribution is -2.48. The van der Waals surface area contributed by atoms with Crippen LogP contribution in [0.2, 0.25) is 0 Å². The minimum Gasteiger partial charge on any atom is -0.338 e. The second-order valence-electron chi connectivity index (χ2n) is 8.25. The highest BCUT2D eigenvalue weighted by Crippen LogP contribution is 2.33. The first-order chi connectivity index (χ1) is 13.3. The molecule has 1 aliphatic carbocycles. The molecule has 7 nitrogen and oxygen atoms in total. The Morgan fingerprint density at radius 3 is 2.59 bits per heavy atom. The first-order valence-electron chi connectivity index (χ1n) is 10.1. The number of aromatic nitrogens is 4. The number of hydrogen-bond donors (Lipinski definition) is 0. The van der Waals surface area contributed by atoms with Crippen LogP contribution in [-0.4, -0.2) is 67.6 Å². The van der Waals surface area contributed by atoms with E-state index in [1.54, 1.807) is 11.0 Å². The number of amides is 1. The summed E-state index contributed by atoms with van der Waals surface area (Å²) in [6.45, 7) is 3.62. The standard InChI is InChI=1S/C20H26N6O/c27-20(7-8-25-14-21-22-23-25)26-12-15-5-6-18(26)13-24(11-15)19-9-16-3-1-2-4-17(16)10-19/h1-4,14-15,18-19H,5-13H2/t15-,18+/m0/s1. The molecular formula is C20H26N6O. The molecule has 0 spiro atoms. The molecule has 0 N–H and O–H groups in total. The number of carbonyl (C=O) groups is 1. The summed E-state index contributed by atoms with van der Waals surface area (Å²) in [6, 6.07) is 9.81. The van der Waals surface area contributed by atoms with Crippen molar-refractivity contribution in [2.45, 2.75) is 50.7 Å². The molecule has 4 heterocycles. The first kappa shape index (κ1) is 16.9. The zero-order valence-corrected chi connectivity index (χ0v) is 15.6. The molecule has 3 aliphatic heterocycles. The third-order valence-corrected chi connectivity index (χ3v) is 6.55. The second kappa shape index (κ2) is 7.03. The normalized spacial score (nSPS) is 25.6. The minimum absolute atomic E-state index is 0.247. The van der Waals surface area contributed by atoms with Crippen LogP contribution in [0.15, 0.2) is 30.6 Å². The lowest BCUT2D eigenvalue weighted by atomic mass is 9.94. The molecule has 3 saturated heterocycles. The number of tetrazole rings is 1. The van der Waals surface area contributed by atoms with E-state index >= 15 is 0 Å². The fourth-order valence-electron chi connectivity index (χ4n) is 5.15. The number of hydrogen-bond acceptors (Lipinski definition) is 5. The fourth-order valence-corrected chi connectivity index (χ4v) is 5.15. The Bertz CT molecular complexity index is 782. The third kappa shape index (κ3) is 3.36. The van der Waals surface area contributed by atoms with E-state index in [0.717, 1.165) is 38.9 Å². The molecule has 1 aromatic heterocycles. The van der Waals surface area contributed by atoms with Crippen molar-refractivity contribution in [2.24, 2.45) is 5.92 Å². The van der Waals surface area contributed by atoms with Gasteiger partial charge in [0.1, 0.15) is 6.33 Å². The molecule has 6 rings (SSSR count). The first-order valence-corrected chi connectivity index (χ1v) is 10.1. The van der Waals surface area contributed by atoms with E-state index in [4.69, 9.17) is 0 Å². The van der Waals surface area contributed by atoms with Crippen molar-refractivity contribution in [3.63, 3.8) is 0 Å². The van der Waals surface area contributed by atoms with Crippen molar-refractivity contribution < 1.29 is 4.79 Å². The molecule has 1 amide bonds. The highest BCUT2D eigenvalue weighted by atomic mass is 16.2. The van der Waals surface area contributed by atoms with Gasteiger partial charge >= 0.3 is 0 Å². The summed E-state index contributed by atoms with van der Waals surface area (Å²) >= 11 is 0. The van der Waals surface area contributed by atoms with Gasteiger partial charge in [-0.25, -0.2) is 4.68 Å². The van der Waals surface area contributed by atoms with E-state index in [1.165, 1.54) is 17.5 Å². The molecule has 1 aromatic carbocycles. The van der Waals surface area contributed by atoms with E-state index in [2.05, 4.69) is 49.6 Å². The van der Waals surface area contributed by atoms with Crippen LogP contribution in [0.3, 0.4) is 0 Å². The van der Waals surface area contributed by atoms with Crippen LogP contribution in [0.1, 0.15) is 30.4 Å². The van der Waals surface area contributed by atoms with Crippen LogP contribution < -0.4 is 0 Å². The van der Waals surface area contributed by atoms with Gasteiger partial charge < -0.3 is 4.90 Å². The Balaban J connectivity index is 1.24. The highest BCUT2D eigenvalue weighted by Gasteiger charge is 2.39. The Labute approximate surface area is 159 Å². The zero-order valence-electron chi connectivity index (χ0n) is 15.6. The monoisotopic (exact) mass is 366 g/mol. The highest BCUT2D eigenvalue weighted by molar-refractivity contribution is 5.76. The van der Waals surface area contributed by atoms with E-state index in [9.17, 15) is 4.79 Å². The maximum Gasteiger partial charge on any atom is 0.224 e. The maximum absolute atomic E-state index is 12.9. The van der Waals surface area contributed by atoms with Gasteiger partial charge in [0.25, 0.3) is 0 Å². The fraction of sp³-hybridized carbons (Fsp3) is 0.600. The lowest BCUT2D eigenvalue weighted by Gasteiger charge is -2.36.